The van der Waals surface area contributed by atoms with E-state index in [1.54, 1.807) is 11.1 Å². The summed E-state index contributed by atoms with van der Waals surface area (Å²) < 4.78 is 0. The fourth-order valence-electron chi connectivity index (χ4n) is 3.81. The van der Waals surface area contributed by atoms with Crippen LogP contribution in [0.1, 0.15) is 47.9 Å². The van der Waals surface area contributed by atoms with E-state index < -0.39 is 0 Å². The molecular formula is C22H22. The van der Waals surface area contributed by atoms with Crippen LogP contribution in [0.5, 0.6) is 0 Å². The summed E-state index contributed by atoms with van der Waals surface area (Å²) in [5.41, 5.74) is 9.13. The molecule has 0 radical (unpaired) electrons. The average Bonchev–Trinajstić information content (AvgIpc) is 3.16. The number of benzene rings is 2. The predicted octanol–water partition coefficient (Wildman–Crippen LogP) is 5.83. The first kappa shape index (κ1) is 13.6. The van der Waals surface area contributed by atoms with E-state index >= 15 is 0 Å². The second kappa shape index (κ2) is 5.96. The van der Waals surface area contributed by atoms with Gasteiger partial charge in [-0.25, -0.2) is 0 Å². The van der Waals surface area contributed by atoms with E-state index in [1.165, 1.54) is 47.9 Å². The first-order chi connectivity index (χ1) is 10.9. The molecule has 0 fully saturated rings. The molecule has 0 heterocycles. The summed E-state index contributed by atoms with van der Waals surface area (Å²) in [6.45, 7) is 0. The molecule has 0 amide bonds. The van der Waals surface area contributed by atoms with Gasteiger partial charge in [0.25, 0.3) is 0 Å². The van der Waals surface area contributed by atoms with Crippen molar-refractivity contribution >= 4 is 11.1 Å². The summed E-state index contributed by atoms with van der Waals surface area (Å²) in [6, 6.07) is 17.7. The molecule has 0 heteroatoms. The number of allylic oxidation sites excluding steroid dienone is 4. The van der Waals surface area contributed by atoms with E-state index in [4.69, 9.17) is 0 Å². The number of hydrogen-bond donors (Lipinski definition) is 0. The lowest BCUT2D eigenvalue weighted by molar-refractivity contribution is 0.778. The molecule has 0 spiro atoms. The first-order valence-electron chi connectivity index (χ1n) is 8.46. The van der Waals surface area contributed by atoms with E-state index in [0.717, 1.165) is 12.8 Å². The van der Waals surface area contributed by atoms with Crippen LogP contribution in [0.2, 0.25) is 0 Å². The highest BCUT2D eigenvalue weighted by Gasteiger charge is 2.14. The van der Waals surface area contributed by atoms with Crippen LogP contribution in [-0.4, -0.2) is 0 Å². The Morgan fingerprint density at radius 2 is 1.05 bits per heavy atom. The van der Waals surface area contributed by atoms with Gasteiger partial charge in [0.05, 0.1) is 0 Å². The van der Waals surface area contributed by atoms with Gasteiger partial charge < -0.3 is 0 Å². The van der Waals surface area contributed by atoms with Crippen molar-refractivity contribution in [1.82, 2.24) is 0 Å². The Labute approximate surface area is 133 Å². The summed E-state index contributed by atoms with van der Waals surface area (Å²) in [5.74, 6) is 0. The maximum Gasteiger partial charge on any atom is -0.00854 e. The van der Waals surface area contributed by atoms with Crippen LogP contribution < -0.4 is 0 Å². The van der Waals surface area contributed by atoms with Gasteiger partial charge in [-0.05, 0) is 71.9 Å². The molecule has 0 saturated carbocycles. The molecule has 0 aliphatic heterocycles. The maximum absolute atomic E-state index is 2.43. The Balaban J connectivity index is 1.31. The summed E-state index contributed by atoms with van der Waals surface area (Å²) in [6.07, 6.45) is 12.1. The molecule has 110 valence electrons. The molecular weight excluding hydrogens is 264 g/mol. The molecule has 0 aromatic heterocycles. The predicted molar refractivity (Wildman–Crippen MR) is 94.7 cm³/mol. The number of rotatable bonds is 5. The highest BCUT2D eigenvalue weighted by atomic mass is 14.2. The Morgan fingerprint density at radius 3 is 1.55 bits per heavy atom. The van der Waals surface area contributed by atoms with Crippen molar-refractivity contribution in [1.29, 1.82) is 0 Å². The third kappa shape index (κ3) is 2.54. The van der Waals surface area contributed by atoms with Crippen molar-refractivity contribution in [3.8, 4) is 0 Å². The zero-order valence-corrected chi connectivity index (χ0v) is 13.0. The quantitative estimate of drug-likeness (QED) is 0.607. The lowest BCUT2D eigenvalue weighted by Gasteiger charge is -2.07. The highest BCUT2D eigenvalue weighted by Crippen LogP contribution is 2.33. The van der Waals surface area contributed by atoms with Gasteiger partial charge in [-0.15, -0.1) is 0 Å². The SMILES string of the molecule is C1=C(CCCCC2=CCc3ccccc32)c2ccccc2C1. The zero-order chi connectivity index (χ0) is 14.8. The fourth-order valence-corrected chi connectivity index (χ4v) is 3.81. The number of hydrogen-bond acceptors (Lipinski definition) is 0. The van der Waals surface area contributed by atoms with Crippen LogP contribution in [0.25, 0.3) is 11.1 Å². The number of unbranched alkanes of at least 4 members (excludes halogenated alkanes) is 1. The minimum atomic E-state index is 1.13. The van der Waals surface area contributed by atoms with Crippen molar-refractivity contribution in [3.05, 3.63) is 82.9 Å². The van der Waals surface area contributed by atoms with Gasteiger partial charge in [-0.3, -0.25) is 0 Å². The van der Waals surface area contributed by atoms with Crippen molar-refractivity contribution in [2.24, 2.45) is 0 Å². The lowest BCUT2D eigenvalue weighted by Crippen LogP contribution is -1.87. The van der Waals surface area contributed by atoms with Gasteiger partial charge >= 0.3 is 0 Å². The van der Waals surface area contributed by atoms with E-state index in [-0.39, 0.29) is 0 Å². The molecule has 2 aromatic carbocycles. The van der Waals surface area contributed by atoms with Gasteiger partial charge in [0, 0.05) is 0 Å². The summed E-state index contributed by atoms with van der Waals surface area (Å²) in [4.78, 5) is 0. The van der Waals surface area contributed by atoms with Crippen LogP contribution in [0, 0.1) is 0 Å². The molecule has 0 saturated heterocycles. The molecule has 2 aliphatic carbocycles. The van der Waals surface area contributed by atoms with E-state index in [9.17, 15) is 0 Å². The summed E-state index contributed by atoms with van der Waals surface area (Å²) in [7, 11) is 0. The maximum atomic E-state index is 2.43. The summed E-state index contributed by atoms with van der Waals surface area (Å²) >= 11 is 0. The smallest absolute Gasteiger partial charge is 0.00854 e. The van der Waals surface area contributed by atoms with Crippen LogP contribution in [0.15, 0.2) is 60.7 Å². The van der Waals surface area contributed by atoms with Crippen LogP contribution >= 0.6 is 0 Å². The molecule has 2 aromatic rings. The average molecular weight is 286 g/mol. The monoisotopic (exact) mass is 286 g/mol. The molecule has 2 aliphatic rings. The van der Waals surface area contributed by atoms with Gasteiger partial charge in [-0.1, -0.05) is 60.7 Å². The molecule has 0 unspecified atom stereocenters. The van der Waals surface area contributed by atoms with Crippen LogP contribution in [0.4, 0.5) is 0 Å². The second-order valence-electron chi connectivity index (χ2n) is 6.39. The minimum absolute atomic E-state index is 1.13. The Morgan fingerprint density at radius 1 is 0.591 bits per heavy atom. The van der Waals surface area contributed by atoms with Crippen molar-refractivity contribution < 1.29 is 0 Å². The summed E-state index contributed by atoms with van der Waals surface area (Å²) in [5, 5.41) is 0. The zero-order valence-electron chi connectivity index (χ0n) is 13.0. The van der Waals surface area contributed by atoms with Gasteiger partial charge in [0.2, 0.25) is 0 Å². The van der Waals surface area contributed by atoms with Crippen molar-refractivity contribution in [3.63, 3.8) is 0 Å². The molecule has 0 nitrogen and oxygen atoms in total. The van der Waals surface area contributed by atoms with Crippen LogP contribution in [0.3, 0.4) is 0 Å². The third-order valence-electron chi connectivity index (χ3n) is 5.01. The molecule has 0 atom stereocenters. The second-order valence-corrected chi connectivity index (χ2v) is 6.39. The van der Waals surface area contributed by atoms with Crippen LogP contribution in [-0.2, 0) is 12.8 Å². The first-order valence-corrected chi connectivity index (χ1v) is 8.46. The normalized spacial score (nSPS) is 15.3. The van der Waals surface area contributed by atoms with Crippen molar-refractivity contribution in [2.45, 2.75) is 38.5 Å². The third-order valence-corrected chi connectivity index (χ3v) is 5.01. The largest absolute Gasteiger partial charge is 0.0763 e. The molecule has 22 heavy (non-hydrogen) atoms. The van der Waals surface area contributed by atoms with Gasteiger partial charge in [0.1, 0.15) is 0 Å². The molecule has 0 N–H and O–H groups in total. The Kier molecular flexibility index (Phi) is 3.68. The molecule has 0 bridgehead atoms. The van der Waals surface area contributed by atoms with E-state index in [1.807, 2.05) is 0 Å². The van der Waals surface area contributed by atoms with Crippen molar-refractivity contribution in [2.75, 3.05) is 0 Å². The van der Waals surface area contributed by atoms with Gasteiger partial charge in [0.15, 0.2) is 0 Å². The Hall–Kier alpha value is -2.08. The van der Waals surface area contributed by atoms with Gasteiger partial charge in [-0.2, -0.15) is 0 Å². The topological polar surface area (TPSA) is 0 Å². The standard InChI is InChI=1S/C22H22/c1(7-17-13-15-19-9-3-5-11-21(17)19)2-8-18-14-16-20-10-4-6-12-22(18)20/h3-6,9-14H,1-2,7-8,15-16H2. The van der Waals surface area contributed by atoms with E-state index in [0.29, 0.717) is 0 Å². The fraction of sp³-hybridized carbons (Fsp3) is 0.273. The highest BCUT2D eigenvalue weighted by molar-refractivity contribution is 5.74. The molecule has 4 rings (SSSR count). The Bertz CT molecular complexity index is 681. The van der Waals surface area contributed by atoms with E-state index in [2.05, 4.69) is 60.7 Å². The minimum Gasteiger partial charge on any atom is -0.0763 e. The number of fused-ring (bicyclic) bond motifs is 2. The lowest BCUT2D eigenvalue weighted by atomic mass is 9.97.